The third-order valence-electron chi connectivity index (χ3n) is 5.02. The highest BCUT2D eigenvalue weighted by atomic mass is 16.4. The number of amides is 1. The van der Waals surface area contributed by atoms with Crippen molar-refractivity contribution in [3.05, 3.63) is 32.6 Å². The van der Waals surface area contributed by atoms with Crippen LogP contribution in [0.25, 0.3) is 0 Å². The Kier molecular flexibility index (Phi) is 3.83. The van der Waals surface area contributed by atoms with Gasteiger partial charge in [-0.15, -0.1) is 0 Å². The van der Waals surface area contributed by atoms with Gasteiger partial charge in [0.25, 0.3) is 11.5 Å². The summed E-state index contributed by atoms with van der Waals surface area (Å²) < 4.78 is 0.817. The third-order valence-corrected chi connectivity index (χ3v) is 5.02. The Morgan fingerprint density at radius 3 is 2.65 bits per heavy atom. The third kappa shape index (κ3) is 2.47. The molecular weight excluding hydrogens is 302 g/mol. The van der Waals surface area contributed by atoms with E-state index in [0.717, 1.165) is 36.4 Å². The molecule has 0 unspecified atom stereocenters. The Labute approximate surface area is 131 Å². The molecule has 8 nitrogen and oxygen atoms in total. The molecule has 0 bridgehead atoms. The van der Waals surface area contributed by atoms with Gasteiger partial charge in [0.15, 0.2) is 0 Å². The molecule has 3 rings (SSSR count). The molecule has 23 heavy (non-hydrogen) atoms. The highest BCUT2D eigenvalue weighted by Crippen LogP contribution is 2.40. The predicted octanol–water partition coefficient (Wildman–Crippen LogP) is -0.0685. The van der Waals surface area contributed by atoms with E-state index in [1.165, 1.54) is 11.9 Å². The number of aromatic amines is 1. The van der Waals surface area contributed by atoms with E-state index >= 15 is 0 Å². The number of carboxylic acids is 1. The summed E-state index contributed by atoms with van der Waals surface area (Å²) in [6.45, 7) is 0. The summed E-state index contributed by atoms with van der Waals surface area (Å²) in [7, 11) is 1.28. The van der Waals surface area contributed by atoms with E-state index in [-0.39, 0.29) is 17.5 Å². The predicted molar refractivity (Wildman–Crippen MR) is 80.3 cm³/mol. The summed E-state index contributed by atoms with van der Waals surface area (Å²) in [5, 5.41) is 9.46. The molecule has 0 radical (unpaired) electrons. The van der Waals surface area contributed by atoms with E-state index in [1.54, 1.807) is 0 Å². The number of hydrogen-bond acceptors (Lipinski definition) is 4. The molecule has 8 heteroatoms. The van der Waals surface area contributed by atoms with Gasteiger partial charge in [-0.2, -0.15) is 0 Å². The number of nitrogens with one attached hydrogen (secondary N) is 1. The molecule has 1 saturated heterocycles. The van der Waals surface area contributed by atoms with Crippen molar-refractivity contribution in [2.24, 2.45) is 13.0 Å². The minimum Gasteiger partial charge on any atom is -0.480 e. The summed E-state index contributed by atoms with van der Waals surface area (Å²) in [6.07, 6.45) is 5.15. The van der Waals surface area contributed by atoms with Crippen LogP contribution >= 0.6 is 0 Å². The van der Waals surface area contributed by atoms with Crippen molar-refractivity contribution in [2.45, 2.75) is 44.2 Å². The first-order valence-electron chi connectivity index (χ1n) is 7.76. The Morgan fingerprint density at radius 1 is 1.26 bits per heavy atom. The van der Waals surface area contributed by atoms with Crippen LogP contribution < -0.4 is 11.2 Å². The molecule has 1 aliphatic carbocycles. The summed E-state index contributed by atoms with van der Waals surface area (Å²) in [5.41, 5.74) is -1.51. The normalized spacial score (nSPS) is 26.8. The Morgan fingerprint density at radius 2 is 1.96 bits per heavy atom. The fourth-order valence-corrected chi connectivity index (χ4v) is 3.83. The van der Waals surface area contributed by atoms with Crippen LogP contribution in [0.1, 0.15) is 42.5 Å². The van der Waals surface area contributed by atoms with Crippen LogP contribution in [0.4, 0.5) is 0 Å². The van der Waals surface area contributed by atoms with Crippen molar-refractivity contribution < 1.29 is 14.7 Å². The van der Waals surface area contributed by atoms with Crippen LogP contribution in [0.3, 0.4) is 0 Å². The van der Waals surface area contributed by atoms with Crippen molar-refractivity contribution in [1.82, 2.24) is 14.5 Å². The highest BCUT2D eigenvalue weighted by Gasteiger charge is 2.48. The number of hydrogen-bond donors (Lipinski definition) is 2. The van der Waals surface area contributed by atoms with Crippen LogP contribution in [0.5, 0.6) is 0 Å². The zero-order valence-electron chi connectivity index (χ0n) is 12.8. The molecule has 124 valence electrons. The summed E-state index contributed by atoms with van der Waals surface area (Å²) in [6, 6.07) is -1.05. The molecule has 0 spiro atoms. The average molecular weight is 321 g/mol. The minimum atomic E-state index is -1.05. The monoisotopic (exact) mass is 321 g/mol. The molecule has 1 saturated carbocycles. The first kappa shape index (κ1) is 15.5. The molecule has 2 N–H and O–H groups in total. The lowest BCUT2D eigenvalue weighted by Gasteiger charge is -2.32. The van der Waals surface area contributed by atoms with Gasteiger partial charge in [0.2, 0.25) is 0 Å². The Bertz CT molecular complexity index is 765. The maximum atomic E-state index is 12.8. The fourth-order valence-electron chi connectivity index (χ4n) is 3.83. The largest absolute Gasteiger partial charge is 0.480 e. The van der Waals surface area contributed by atoms with E-state index in [2.05, 4.69) is 4.98 Å². The van der Waals surface area contributed by atoms with Gasteiger partial charge in [-0.25, -0.2) is 9.59 Å². The zero-order valence-corrected chi connectivity index (χ0v) is 12.8. The van der Waals surface area contributed by atoms with Crippen LogP contribution in [-0.4, -0.2) is 43.5 Å². The number of fused-ring (bicyclic) bond motifs is 1. The van der Waals surface area contributed by atoms with Gasteiger partial charge in [-0.05, 0) is 25.2 Å². The maximum Gasteiger partial charge on any atom is 0.328 e. The van der Waals surface area contributed by atoms with Gasteiger partial charge < -0.3 is 15.0 Å². The molecule has 3 atom stereocenters. The maximum absolute atomic E-state index is 12.8. The number of rotatable bonds is 2. The first-order chi connectivity index (χ1) is 10.9. The van der Waals surface area contributed by atoms with Crippen LogP contribution in [0.15, 0.2) is 15.8 Å². The number of carboxylic acid groups (broad SMARTS) is 1. The van der Waals surface area contributed by atoms with Gasteiger partial charge in [0.05, 0.1) is 0 Å². The van der Waals surface area contributed by atoms with Crippen molar-refractivity contribution in [3.8, 4) is 0 Å². The Hall–Kier alpha value is -2.38. The van der Waals surface area contributed by atoms with E-state index in [0.29, 0.717) is 6.42 Å². The van der Waals surface area contributed by atoms with Gasteiger partial charge in [0.1, 0.15) is 11.6 Å². The van der Waals surface area contributed by atoms with Crippen LogP contribution in [0.2, 0.25) is 0 Å². The molecule has 0 aromatic carbocycles. The second-order valence-electron chi connectivity index (χ2n) is 6.29. The molecular formula is C15H19N3O5. The zero-order chi connectivity index (χ0) is 16.7. The smallest absolute Gasteiger partial charge is 0.328 e. The van der Waals surface area contributed by atoms with Crippen molar-refractivity contribution in [2.75, 3.05) is 0 Å². The summed E-state index contributed by atoms with van der Waals surface area (Å²) >= 11 is 0. The highest BCUT2D eigenvalue weighted by molar-refractivity contribution is 5.96. The lowest BCUT2D eigenvalue weighted by molar-refractivity contribution is -0.141. The molecule has 2 aliphatic rings. The van der Waals surface area contributed by atoms with E-state index < -0.39 is 29.2 Å². The van der Waals surface area contributed by atoms with Gasteiger partial charge >= 0.3 is 11.7 Å². The van der Waals surface area contributed by atoms with Crippen molar-refractivity contribution >= 4 is 11.9 Å². The molecule has 2 heterocycles. The number of aromatic nitrogens is 2. The lowest BCUT2D eigenvalue weighted by Crippen LogP contribution is -2.49. The Balaban J connectivity index is 2.02. The summed E-state index contributed by atoms with van der Waals surface area (Å²) in [5.74, 6) is -1.49. The molecule has 1 aromatic rings. The number of aliphatic carboxylic acids is 1. The fraction of sp³-hybridized carbons (Fsp3) is 0.600. The second-order valence-corrected chi connectivity index (χ2v) is 6.29. The van der Waals surface area contributed by atoms with E-state index in [4.69, 9.17) is 0 Å². The molecule has 1 aromatic heterocycles. The molecule has 1 aliphatic heterocycles. The standard InChI is InChI=1S/C15H19N3O5/c1-17-12(19)9(7-16-15(17)23)13(20)18-10-5-3-2-4-8(10)6-11(18)14(21)22/h7-8,10-11H,2-6H2,1H3,(H,16,23)(H,21,22)/t8-,10-,11-/m0/s1. The first-order valence-corrected chi connectivity index (χ1v) is 7.76. The van der Waals surface area contributed by atoms with Gasteiger partial charge in [-0.3, -0.25) is 14.2 Å². The van der Waals surface area contributed by atoms with E-state index in [1.807, 2.05) is 0 Å². The van der Waals surface area contributed by atoms with Crippen molar-refractivity contribution in [1.29, 1.82) is 0 Å². The quantitative estimate of drug-likeness (QED) is 0.792. The minimum absolute atomic E-state index is 0.144. The SMILES string of the molecule is Cn1c(=O)[nH]cc(C(=O)N2[C@H](C(=O)O)C[C@@H]3CCCC[C@@H]32)c1=O. The second kappa shape index (κ2) is 5.68. The number of carbonyl (C=O) groups is 2. The number of nitrogens with zero attached hydrogens (tertiary/aromatic N) is 2. The molecule has 2 fully saturated rings. The topological polar surface area (TPSA) is 112 Å². The number of carbonyl (C=O) groups excluding carboxylic acids is 1. The van der Waals surface area contributed by atoms with Crippen LogP contribution in [-0.2, 0) is 11.8 Å². The van der Waals surface area contributed by atoms with E-state index in [9.17, 15) is 24.3 Å². The van der Waals surface area contributed by atoms with Crippen molar-refractivity contribution in [3.63, 3.8) is 0 Å². The van der Waals surface area contributed by atoms with Gasteiger partial charge in [-0.1, -0.05) is 12.8 Å². The number of likely N-dealkylation sites (tertiary alicyclic amines) is 1. The summed E-state index contributed by atoms with van der Waals surface area (Å²) in [4.78, 5) is 51.7. The average Bonchev–Trinajstić information content (AvgIpc) is 2.92. The van der Waals surface area contributed by atoms with Crippen LogP contribution in [0, 0.1) is 5.92 Å². The molecule has 1 amide bonds. The lowest BCUT2D eigenvalue weighted by atomic mass is 9.84. The number of H-pyrrole nitrogens is 1. The van der Waals surface area contributed by atoms with Gasteiger partial charge in [0, 0.05) is 19.3 Å².